The van der Waals surface area contributed by atoms with Crippen molar-refractivity contribution in [2.24, 2.45) is 0 Å². The summed E-state index contributed by atoms with van der Waals surface area (Å²) in [5, 5.41) is 0. The number of rotatable bonds is 1. The molecular weight excluding hydrogens is 324 g/mol. The molecule has 0 fully saturated rings. The summed E-state index contributed by atoms with van der Waals surface area (Å²) in [4.78, 5) is 18.2. The first-order chi connectivity index (χ1) is 12.7. The molecule has 0 unspecified atom stereocenters. The molecule has 4 heteroatoms. The molecule has 1 aliphatic heterocycles. The molecule has 1 aliphatic rings. The molecule has 5 rings (SSSR count). The lowest BCUT2D eigenvalue weighted by Crippen LogP contribution is -2.25. The van der Waals surface area contributed by atoms with Gasteiger partial charge < -0.3 is 4.74 Å². The molecule has 0 N–H and O–H groups in total. The van der Waals surface area contributed by atoms with Gasteiger partial charge in [-0.05, 0) is 31.2 Å². The molecule has 126 valence electrons. The van der Waals surface area contributed by atoms with Gasteiger partial charge in [-0.1, -0.05) is 48.5 Å². The quantitative estimate of drug-likeness (QED) is 0.494. The zero-order chi connectivity index (χ0) is 17.7. The number of ether oxygens (including phenoxy) is 1. The number of para-hydroxylation sites is 4. The van der Waals surface area contributed by atoms with Crippen LogP contribution in [0.5, 0.6) is 11.5 Å². The van der Waals surface area contributed by atoms with Gasteiger partial charge in [0.05, 0.1) is 17.0 Å². The van der Waals surface area contributed by atoms with Crippen LogP contribution < -0.4 is 4.74 Å². The SMILES string of the molecule is Cc1nc2ccccc2n1C(=O)C1c2ccccc2Oc2ccccc21. The third-order valence-electron chi connectivity index (χ3n) is 4.88. The van der Waals surface area contributed by atoms with Crippen LogP contribution in [0.1, 0.15) is 27.7 Å². The molecule has 0 atom stereocenters. The Balaban J connectivity index is 1.75. The highest BCUT2D eigenvalue weighted by molar-refractivity contribution is 5.98. The summed E-state index contributed by atoms with van der Waals surface area (Å²) in [6.07, 6.45) is 0. The van der Waals surface area contributed by atoms with Gasteiger partial charge in [-0.25, -0.2) is 4.98 Å². The first-order valence-electron chi connectivity index (χ1n) is 8.58. The molecule has 3 aromatic carbocycles. The highest BCUT2D eigenvalue weighted by atomic mass is 16.5. The van der Waals surface area contributed by atoms with E-state index in [-0.39, 0.29) is 5.91 Å². The highest BCUT2D eigenvalue weighted by Crippen LogP contribution is 2.44. The fourth-order valence-corrected chi connectivity index (χ4v) is 3.73. The average molecular weight is 340 g/mol. The van der Waals surface area contributed by atoms with Crippen molar-refractivity contribution in [2.45, 2.75) is 12.8 Å². The van der Waals surface area contributed by atoms with E-state index in [1.807, 2.05) is 79.7 Å². The van der Waals surface area contributed by atoms with Gasteiger partial charge in [0.2, 0.25) is 5.91 Å². The number of hydrogen-bond acceptors (Lipinski definition) is 3. The molecule has 4 nitrogen and oxygen atoms in total. The molecule has 0 radical (unpaired) electrons. The van der Waals surface area contributed by atoms with Crippen LogP contribution in [0.25, 0.3) is 11.0 Å². The number of carbonyl (C=O) groups excluding carboxylic acids is 1. The largest absolute Gasteiger partial charge is 0.457 e. The van der Waals surface area contributed by atoms with Crippen LogP contribution in [-0.4, -0.2) is 15.5 Å². The predicted molar refractivity (Wildman–Crippen MR) is 99.9 cm³/mol. The standard InChI is InChI=1S/C22H16N2O2/c1-14-23-17-10-4-5-11-18(17)24(14)22(25)21-15-8-2-6-12-19(15)26-20-13-7-3-9-16(20)21/h2-13,21H,1H3. The van der Waals surface area contributed by atoms with Crippen molar-refractivity contribution in [1.82, 2.24) is 9.55 Å². The zero-order valence-corrected chi connectivity index (χ0v) is 14.2. The Morgan fingerprint density at radius 2 is 1.46 bits per heavy atom. The van der Waals surface area contributed by atoms with Gasteiger partial charge in [0.1, 0.15) is 17.3 Å². The van der Waals surface area contributed by atoms with Gasteiger partial charge in [-0.2, -0.15) is 0 Å². The predicted octanol–water partition coefficient (Wildman–Crippen LogP) is 4.92. The Morgan fingerprint density at radius 3 is 2.15 bits per heavy atom. The fourth-order valence-electron chi connectivity index (χ4n) is 3.73. The minimum absolute atomic E-state index is 0.0144. The Bertz CT molecular complexity index is 1110. The van der Waals surface area contributed by atoms with Crippen LogP contribution in [0.15, 0.2) is 72.8 Å². The fraction of sp³-hybridized carbons (Fsp3) is 0.0909. The summed E-state index contributed by atoms with van der Waals surface area (Å²) in [5.74, 6) is 1.71. The third-order valence-corrected chi connectivity index (χ3v) is 4.88. The smallest absolute Gasteiger partial charge is 0.244 e. The van der Waals surface area contributed by atoms with Gasteiger partial charge in [0, 0.05) is 11.1 Å². The summed E-state index contributed by atoms with van der Waals surface area (Å²) < 4.78 is 7.74. The molecule has 0 bridgehead atoms. The molecule has 0 aliphatic carbocycles. The molecule has 0 saturated carbocycles. The second-order valence-corrected chi connectivity index (χ2v) is 6.43. The van der Waals surface area contributed by atoms with Crippen molar-refractivity contribution in [3.05, 3.63) is 89.7 Å². The second kappa shape index (κ2) is 5.56. The van der Waals surface area contributed by atoms with E-state index in [1.54, 1.807) is 4.57 Å². The second-order valence-electron chi connectivity index (χ2n) is 6.43. The number of carbonyl (C=O) groups is 1. The van der Waals surface area contributed by atoms with E-state index >= 15 is 0 Å². The number of nitrogens with zero attached hydrogens (tertiary/aromatic N) is 2. The van der Waals surface area contributed by atoms with E-state index < -0.39 is 5.92 Å². The first-order valence-corrected chi connectivity index (χ1v) is 8.58. The topological polar surface area (TPSA) is 44.1 Å². The van der Waals surface area contributed by atoms with Crippen molar-refractivity contribution in [1.29, 1.82) is 0 Å². The average Bonchev–Trinajstić information content (AvgIpc) is 3.01. The van der Waals surface area contributed by atoms with E-state index in [9.17, 15) is 4.79 Å². The number of fused-ring (bicyclic) bond motifs is 3. The zero-order valence-electron chi connectivity index (χ0n) is 14.2. The third kappa shape index (κ3) is 2.09. The van der Waals surface area contributed by atoms with E-state index in [4.69, 9.17) is 4.74 Å². The lowest BCUT2D eigenvalue weighted by Gasteiger charge is -2.27. The Labute approximate surface area is 150 Å². The van der Waals surface area contributed by atoms with Gasteiger partial charge in [-0.15, -0.1) is 0 Å². The number of hydrogen-bond donors (Lipinski definition) is 0. The van der Waals surface area contributed by atoms with E-state index in [0.29, 0.717) is 5.82 Å². The van der Waals surface area contributed by atoms with E-state index in [1.165, 1.54) is 0 Å². The first kappa shape index (κ1) is 14.9. The monoisotopic (exact) mass is 340 g/mol. The number of benzene rings is 3. The number of aryl methyl sites for hydroxylation is 1. The summed E-state index contributed by atoms with van der Waals surface area (Å²) in [7, 11) is 0. The molecule has 1 aromatic heterocycles. The Morgan fingerprint density at radius 1 is 0.885 bits per heavy atom. The van der Waals surface area contributed by atoms with Crippen LogP contribution in [0.2, 0.25) is 0 Å². The minimum atomic E-state index is -0.424. The molecule has 2 heterocycles. The highest BCUT2D eigenvalue weighted by Gasteiger charge is 2.34. The maximum absolute atomic E-state index is 13.7. The maximum atomic E-state index is 13.7. The van der Waals surface area contributed by atoms with Crippen molar-refractivity contribution < 1.29 is 9.53 Å². The summed E-state index contributed by atoms with van der Waals surface area (Å²) in [6, 6.07) is 23.2. The van der Waals surface area contributed by atoms with Crippen LogP contribution in [0.3, 0.4) is 0 Å². The van der Waals surface area contributed by atoms with Crippen molar-refractivity contribution in [2.75, 3.05) is 0 Å². The minimum Gasteiger partial charge on any atom is -0.457 e. The molecule has 4 aromatic rings. The van der Waals surface area contributed by atoms with Crippen molar-refractivity contribution in [3.8, 4) is 11.5 Å². The van der Waals surface area contributed by atoms with Gasteiger partial charge in [-0.3, -0.25) is 9.36 Å². The Hall–Kier alpha value is -3.40. The number of aromatic nitrogens is 2. The van der Waals surface area contributed by atoms with Gasteiger partial charge in [0.15, 0.2) is 0 Å². The number of imidazole rings is 1. The summed E-state index contributed by atoms with van der Waals surface area (Å²) >= 11 is 0. The molecule has 26 heavy (non-hydrogen) atoms. The van der Waals surface area contributed by atoms with Crippen LogP contribution in [0.4, 0.5) is 0 Å². The van der Waals surface area contributed by atoms with Crippen molar-refractivity contribution in [3.63, 3.8) is 0 Å². The summed E-state index contributed by atoms with van der Waals surface area (Å²) in [5.41, 5.74) is 3.42. The van der Waals surface area contributed by atoms with E-state index in [0.717, 1.165) is 33.7 Å². The lowest BCUT2D eigenvalue weighted by molar-refractivity contribution is 0.0891. The lowest BCUT2D eigenvalue weighted by atomic mass is 9.87. The molecule has 0 saturated heterocycles. The summed E-state index contributed by atoms with van der Waals surface area (Å²) in [6.45, 7) is 1.87. The maximum Gasteiger partial charge on any atom is 0.244 e. The van der Waals surface area contributed by atoms with Gasteiger partial charge >= 0.3 is 0 Å². The Kier molecular flexibility index (Phi) is 3.19. The van der Waals surface area contributed by atoms with Crippen LogP contribution in [-0.2, 0) is 0 Å². The molecule has 0 spiro atoms. The van der Waals surface area contributed by atoms with Gasteiger partial charge in [0.25, 0.3) is 0 Å². The van der Waals surface area contributed by atoms with Crippen molar-refractivity contribution >= 4 is 16.9 Å². The van der Waals surface area contributed by atoms with Crippen LogP contribution >= 0.6 is 0 Å². The van der Waals surface area contributed by atoms with E-state index in [2.05, 4.69) is 4.98 Å². The van der Waals surface area contributed by atoms with Crippen LogP contribution in [0, 0.1) is 6.92 Å². The normalized spacial score (nSPS) is 13.1. The molecular formula is C22H16N2O2. The molecule has 0 amide bonds.